The molecule has 0 aliphatic carbocycles. The van der Waals surface area contributed by atoms with Crippen molar-refractivity contribution in [2.45, 2.75) is 18.9 Å². The lowest BCUT2D eigenvalue weighted by atomic mass is 9.86. The van der Waals surface area contributed by atoms with Crippen LogP contribution in [0.3, 0.4) is 0 Å². The lowest BCUT2D eigenvalue weighted by Gasteiger charge is -2.35. The molecule has 1 heteroatoms. The summed E-state index contributed by atoms with van der Waals surface area (Å²) in [6.45, 7) is 3.38. The van der Waals surface area contributed by atoms with Crippen LogP contribution in [0.4, 0.5) is 0 Å². The molecule has 1 aliphatic heterocycles. The summed E-state index contributed by atoms with van der Waals surface area (Å²) >= 11 is 0. The van der Waals surface area contributed by atoms with E-state index in [0.717, 1.165) is 12.5 Å². The smallest absolute Gasteiger partial charge is 0.0120 e. The fraction of sp³-hybridized carbons (Fsp3) is 0.400. The Labute approximate surface area is 67.4 Å². The predicted molar refractivity (Wildman–Crippen MR) is 46.6 cm³/mol. The average Bonchev–Trinajstić information content (AvgIpc) is 2.04. The summed E-state index contributed by atoms with van der Waals surface area (Å²) in [5.41, 5.74) is 1.47. The quantitative estimate of drug-likeness (QED) is 0.638. The summed E-state index contributed by atoms with van der Waals surface area (Å²) in [5.74, 6) is 0.746. The first-order valence-corrected chi connectivity index (χ1v) is 4.16. The van der Waals surface area contributed by atoms with Crippen molar-refractivity contribution in [3.05, 3.63) is 35.9 Å². The molecule has 0 saturated carbocycles. The molecule has 1 unspecified atom stereocenters. The summed E-state index contributed by atoms with van der Waals surface area (Å²) in [5, 5.41) is 3.36. The molecule has 1 aliphatic rings. The van der Waals surface area contributed by atoms with Gasteiger partial charge >= 0.3 is 0 Å². The van der Waals surface area contributed by atoms with E-state index in [1.54, 1.807) is 0 Å². The highest BCUT2D eigenvalue weighted by Gasteiger charge is 2.26. The second kappa shape index (κ2) is 2.67. The maximum atomic E-state index is 3.36. The molecule has 0 amide bonds. The predicted octanol–water partition coefficient (Wildman–Crippen LogP) is 1.76. The summed E-state index contributed by atoms with van der Waals surface area (Å²) in [7, 11) is 0. The topological polar surface area (TPSA) is 12.0 Å². The van der Waals surface area contributed by atoms with Gasteiger partial charge < -0.3 is 5.32 Å². The third kappa shape index (κ3) is 1.16. The van der Waals surface area contributed by atoms with E-state index in [9.17, 15) is 0 Å². The van der Waals surface area contributed by atoms with E-state index in [4.69, 9.17) is 0 Å². The third-order valence-electron chi connectivity index (χ3n) is 2.49. The van der Waals surface area contributed by atoms with Crippen molar-refractivity contribution in [3.8, 4) is 0 Å². The summed E-state index contributed by atoms with van der Waals surface area (Å²) < 4.78 is 0. The molecule has 1 heterocycles. The van der Waals surface area contributed by atoms with Gasteiger partial charge in [0.2, 0.25) is 0 Å². The maximum absolute atomic E-state index is 3.36. The Kier molecular flexibility index (Phi) is 1.66. The zero-order valence-corrected chi connectivity index (χ0v) is 6.75. The minimum absolute atomic E-state index is 0.664. The molecule has 0 aromatic heterocycles. The molecule has 1 aromatic rings. The fourth-order valence-corrected chi connectivity index (χ4v) is 1.58. The molecule has 0 spiro atoms. The Morgan fingerprint density at radius 1 is 1.27 bits per heavy atom. The number of hydrogen-bond acceptors (Lipinski definition) is 1. The number of rotatable bonds is 1. The summed E-state index contributed by atoms with van der Waals surface area (Å²) in [6, 6.07) is 11.4. The lowest BCUT2D eigenvalue weighted by molar-refractivity contribution is 0.334. The van der Waals surface area contributed by atoms with Crippen molar-refractivity contribution in [3.63, 3.8) is 0 Å². The third-order valence-corrected chi connectivity index (χ3v) is 2.49. The van der Waals surface area contributed by atoms with Crippen molar-refractivity contribution >= 4 is 0 Å². The van der Waals surface area contributed by atoms with Crippen LogP contribution in [0.25, 0.3) is 0 Å². The molecule has 11 heavy (non-hydrogen) atoms. The Morgan fingerprint density at radius 2 is 2.00 bits per heavy atom. The first kappa shape index (κ1) is 6.86. The highest BCUT2D eigenvalue weighted by Crippen LogP contribution is 2.24. The molecule has 0 bridgehead atoms. The lowest BCUT2D eigenvalue weighted by Crippen LogP contribution is -2.48. The second-order valence-electron chi connectivity index (χ2n) is 3.21. The molecule has 2 atom stereocenters. The van der Waals surface area contributed by atoms with E-state index in [2.05, 4.69) is 42.6 Å². The Balaban J connectivity index is 2.17. The molecule has 58 valence electrons. The largest absolute Gasteiger partial charge is 0.313 e. The van der Waals surface area contributed by atoms with Crippen LogP contribution < -0.4 is 5.32 Å². The van der Waals surface area contributed by atoms with Gasteiger partial charge in [-0.1, -0.05) is 30.3 Å². The van der Waals surface area contributed by atoms with Gasteiger partial charge in [0.1, 0.15) is 0 Å². The van der Waals surface area contributed by atoms with E-state index in [1.807, 2.05) is 0 Å². The van der Waals surface area contributed by atoms with Crippen molar-refractivity contribution in [2.24, 2.45) is 0 Å². The van der Waals surface area contributed by atoms with Gasteiger partial charge in [-0.05, 0) is 12.5 Å². The van der Waals surface area contributed by atoms with Crippen LogP contribution in [0, 0.1) is 0 Å². The molecule has 1 fully saturated rings. The highest BCUT2D eigenvalue weighted by atomic mass is 15.0. The Bertz CT molecular complexity index is 230. The Morgan fingerprint density at radius 3 is 2.45 bits per heavy atom. The van der Waals surface area contributed by atoms with Gasteiger partial charge in [0.25, 0.3) is 0 Å². The van der Waals surface area contributed by atoms with Crippen LogP contribution in [0.2, 0.25) is 0 Å². The SMILES string of the molecule is C[C@@H]1NCC1c1ccccc1. The molecule has 1 N–H and O–H groups in total. The van der Waals surface area contributed by atoms with E-state index in [0.29, 0.717) is 6.04 Å². The van der Waals surface area contributed by atoms with Crippen molar-refractivity contribution in [1.29, 1.82) is 0 Å². The minimum atomic E-state index is 0.664. The maximum Gasteiger partial charge on any atom is 0.0120 e. The fourth-order valence-electron chi connectivity index (χ4n) is 1.58. The Hall–Kier alpha value is -0.820. The number of hydrogen-bond donors (Lipinski definition) is 1. The molecule has 2 rings (SSSR count). The van der Waals surface area contributed by atoms with E-state index < -0.39 is 0 Å². The molecular formula is C10H13N. The van der Waals surface area contributed by atoms with Crippen LogP contribution in [-0.4, -0.2) is 12.6 Å². The van der Waals surface area contributed by atoms with Gasteiger partial charge in [0.05, 0.1) is 0 Å². The van der Waals surface area contributed by atoms with Crippen LogP contribution in [0.5, 0.6) is 0 Å². The van der Waals surface area contributed by atoms with Crippen molar-refractivity contribution in [2.75, 3.05) is 6.54 Å². The molecule has 0 radical (unpaired) electrons. The van der Waals surface area contributed by atoms with Gasteiger partial charge in [0, 0.05) is 18.5 Å². The zero-order chi connectivity index (χ0) is 7.68. The van der Waals surface area contributed by atoms with Gasteiger partial charge in [-0.3, -0.25) is 0 Å². The number of nitrogens with one attached hydrogen (secondary N) is 1. The van der Waals surface area contributed by atoms with Gasteiger partial charge in [-0.15, -0.1) is 0 Å². The second-order valence-corrected chi connectivity index (χ2v) is 3.21. The van der Waals surface area contributed by atoms with Gasteiger partial charge in [0.15, 0.2) is 0 Å². The van der Waals surface area contributed by atoms with Crippen molar-refractivity contribution < 1.29 is 0 Å². The van der Waals surface area contributed by atoms with Gasteiger partial charge in [-0.2, -0.15) is 0 Å². The monoisotopic (exact) mass is 147 g/mol. The molecular weight excluding hydrogens is 134 g/mol. The van der Waals surface area contributed by atoms with E-state index in [1.165, 1.54) is 5.56 Å². The van der Waals surface area contributed by atoms with E-state index >= 15 is 0 Å². The first-order chi connectivity index (χ1) is 5.38. The van der Waals surface area contributed by atoms with Crippen LogP contribution in [0.15, 0.2) is 30.3 Å². The molecule has 1 saturated heterocycles. The summed E-state index contributed by atoms with van der Waals surface area (Å²) in [4.78, 5) is 0. The normalized spacial score (nSPS) is 29.5. The van der Waals surface area contributed by atoms with Crippen LogP contribution in [-0.2, 0) is 0 Å². The highest BCUT2D eigenvalue weighted by molar-refractivity contribution is 5.24. The first-order valence-electron chi connectivity index (χ1n) is 4.16. The minimum Gasteiger partial charge on any atom is -0.313 e. The van der Waals surface area contributed by atoms with Crippen molar-refractivity contribution in [1.82, 2.24) is 5.32 Å². The molecule has 1 aromatic carbocycles. The summed E-state index contributed by atoms with van der Waals surface area (Å²) in [6.07, 6.45) is 0. The average molecular weight is 147 g/mol. The standard InChI is InChI=1S/C10H13N/c1-8-10(7-11-8)9-5-3-2-4-6-9/h2-6,8,10-11H,7H2,1H3/t8-,10?/m0/s1. The van der Waals surface area contributed by atoms with Gasteiger partial charge in [-0.25, -0.2) is 0 Å². The van der Waals surface area contributed by atoms with Crippen LogP contribution in [0.1, 0.15) is 18.4 Å². The molecule has 1 nitrogen and oxygen atoms in total. The number of benzene rings is 1. The zero-order valence-electron chi connectivity index (χ0n) is 6.75. The van der Waals surface area contributed by atoms with Crippen LogP contribution >= 0.6 is 0 Å². The van der Waals surface area contributed by atoms with E-state index in [-0.39, 0.29) is 0 Å².